The van der Waals surface area contributed by atoms with Gasteiger partial charge in [0.25, 0.3) is 5.91 Å². The third-order valence-corrected chi connectivity index (χ3v) is 5.28. The topological polar surface area (TPSA) is 71.0 Å². The molecule has 10 heteroatoms. The van der Waals surface area contributed by atoms with Crippen molar-refractivity contribution in [1.29, 1.82) is 0 Å². The van der Waals surface area contributed by atoms with E-state index in [1.165, 1.54) is 23.5 Å². The zero-order chi connectivity index (χ0) is 22.7. The van der Waals surface area contributed by atoms with E-state index in [4.69, 9.17) is 0 Å². The van der Waals surface area contributed by atoms with Crippen LogP contribution in [0.2, 0.25) is 0 Å². The molecule has 2 aromatic carbocycles. The van der Waals surface area contributed by atoms with E-state index < -0.39 is 17.6 Å². The third-order valence-electron chi connectivity index (χ3n) is 4.52. The molecular weight excluding hydrogens is 439 g/mol. The molecule has 0 saturated heterocycles. The first-order valence-corrected chi connectivity index (χ1v) is 10.3. The van der Waals surface area contributed by atoms with Crippen LogP contribution < -0.4 is 10.2 Å². The summed E-state index contributed by atoms with van der Waals surface area (Å²) in [5, 5.41) is 5.11. The van der Waals surface area contributed by atoms with E-state index in [0.29, 0.717) is 22.5 Å². The maximum absolute atomic E-state index is 13.0. The molecule has 0 fully saturated rings. The molecule has 0 aliphatic rings. The number of aryl methyl sites for hydroxylation is 1. The van der Waals surface area contributed by atoms with Gasteiger partial charge >= 0.3 is 6.18 Å². The first-order valence-electron chi connectivity index (χ1n) is 9.39. The minimum Gasteiger partial charge on any atom is -0.322 e. The Morgan fingerprint density at radius 3 is 2.47 bits per heavy atom. The van der Waals surface area contributed by atoms with Crippen molar-refractivity contribution in [2.24, 2.45) is 0 Å². The highest BCUT2D eigenvalue weighted by molar-refractivity contribution is 7.13. The normalized spacial score (nSPS) is 11.2. The van der Waals surface area contributed by atoms with Gasteiger partial charge in [-0.15, -0.1) is 11.3 Å². The number of rotatable bonds is 5. The number of aromatic nitrogens is 3. The predicted octanol–water partition coefficient (Wildman–Crippen LogP) is 5.98. The van der Waals surface area contributed by atoms with Crippen LogP contribution in [0.25, 0.3) is 0 Å². The molecule has 0 aliphatic carbocycles. The van der Waals surface area contributed by atoms with E-state index in [0.717, 1.165) is 17.7 Å². The second-order valence-corrected chi connectivity index (χ2v) is 7.61. The molecule has 0 aliphatic heterocycles. The van der Waals surface area contributed by atoms with Gasteiger partial charge in [-0.3, -0.25) is 9.69 Å². The minimum absolute atomic E-state index is 0.0925. The molecule has 0 saturated carbocycles. The van der Waals surface area contributed by atoms with Gasteiger partial charge in [0.2, 0.25) is 5.95 Å². The quantitative estimate of drug-likeness (QED) is 0.401. The van der Waals surface area contributed by atoms with Gasteiger partial charge in [-0.1, -0.05) is 12.1 Å². The Morgan fingerprint density at radius 2 is 1.78 bits per heavy atom. The fourth-order valence-corrected chi connectivity index (χ4v) is 3.65. The summed E-state index contributed by atoms with van der Waals surface area (Å²) in [6.07, 6.45) is 0.344. The molecule has 0 unspecified atom stereocenters. The zero-order valence-corrected chi connectivity index (χ0v) is 17.5. The number of hydrogen-bond donors (Lipinski definition) is 1. The van der Waals surface area contributed by atoms with Crippen molar-refractivity contribution in [2.75, 3.05) is 10.2 Å². The van der Waals surface area contributed by atoms with E-state index in [-0.39, 0.29) is 5.56 Å². The minimum atomic E-state index is -4.53. The highest BCUT2D eigenvalue weighted by atomic mass is 32.1. The summed E-state index contributed by atoms with van der Waals surface area (Å²) in [5.41, 5.74) is 0.972. The number of carbonyl (C=O) groups is 1. The lowest BCUT2D eigenvalue weighted by atomic mass is 10.1. The van der Waals surface area contributed by atoms with Gasteiger partial charge in [0.15, 0.2) is 5.13 Å². The van der Waals surface area contributed by atoms with Crippen LogP contribution in [-0.2, 0) is 6.18 Å². The van der Waals surface area contributed by atoms with Crippen LogP contribution in [0.15, 0.2) is 72.5 Å². The van der Waals surface area contributed by atoms with Crippen molar-refractivity contribution in [2.45, 2.75) is 13.1 Å². The summed E-state index contributed by atoms with van der Waals surface area (Å²) >= 11 is 1.39. The summed E-state index contributed by atoms with van der Waals surface area (Å²) in [6, 6.07) is 11.2. The van der Waals surface area contributed by atoms with Gasteiger partial charge in [0, 0.05) is 35.2 Å². The van der Waals surface area contributed by atoms with Gasteiger partial charge in [-0.25, -0.2) is 15.0 Å². The van der Waals surface area contributed by atoms with Crippen LogP contribution in [0.4, 0.5) is 35.6 Å². The number of nitrogens with zero attached hydrogens (tertiary/aromatic N) is 4. The molecule has 162 valence electrons. The standard InChI is InChI=1S/C22H16F3N5OS/c1-14-6-7-17(29-19(31)15-4-2-5-16(12-15)22(23,24)25)13-18(14)30(21-28-10-11-32-21)20-26-8-3-9-27-20/h2-13H,1H3,(H,29,31). The molecule has 0 spiro atoms. The molecule has 1 N–H and O–H groups in total. The van der Waals surface area contributed by atoms with Crippen molar-refractivity contribution >= 4 is 39.7 Å². The molecule has 32 heavy (non-hydrogen) atoms. The molecule has 4 rings (SSSR count). The Labute approximate surface area is 185 Å². The molecular formula is C22H16F3N5OS. The lowest BCUT2D eigenvalue weighted by Gasteiger charge is -2.22. The van der Waals surface area contributed by atoms with Gasteiger partial charge < -0.3 is 5.32 Å². The van der Waals surface area contributed by atoms with Gasteiger partial charge in [0.05, 0.1) is 11.3 Å². The maximum Gasteiger partial charge on any atom is 0.416 e. The fourth-order valence-electron chi connectivity index (χ4n) is 3.00. The summed E-state index contributed by atoms with van der Waals surface area (Å²) < 4.78 is 39.0. The number of carbonyl (C=O) groups excluding carboxylic acids is 1. The molecule has 0 bridgehead atoms. The second-order valence-electron chi connectivity index (χ2n) is 6.73. The van der Waals surface area contributed by atoms with E-state index >= 15 is 0 Å². The second kappa shape index (κ2) is 8.75. The molecule has 2 heterocycles. The van der Waals surface area contributed by atoms with Gasteiger partial charge in [-0.05, 0) is 48.9 Å². The summed E-state index contributed by atoms with van der Waals surface area (Å²) in [6.45, 7) is 1.89. The smallest absolute Gasteiger partial charge is 0.322 e. The molecule has 6 nitrogen and oxygen atoms in total. The first kappa shape index (κ1) is 21.4. The number of anilines is 4. The Bertz CT molecular complexity index is 1230. The molecule has 2 aromatic heterocycles. The van der Waals surface area contributed by atoms with E-state index in [9.17, 15) is 18.0 Å². The van der Waals surface area contributed by atoms with Gasteiger partial charge in [-0.2, -0.15) is 13.2 Å². The molecule has 4 aromatic rings. The Balaban J connectivity index is 1.68. The average molecular weight is 455 g/mol. The van der Waals surface area contributed by atoms with Gasteiger partial charge in [0.1, 0.15) is 0 Å². The molecule has 1 amide bonds. The number of amides is 1. The largest absolute Gasteiger partial charge is 0.416 e. The van der Waals surface area contributed by atoms with Crippen molar-refractivity contribution in [1.82, 2.24) is 15.0 Å². The van der Waals surface area contributed by atoms with Crippen LogP contribution in [0.1, 0.15) is 21.5 Å². The third kappa shape index (κ3) is 4.59. The number of nitrogens with one attached hydrogen (secondary N) is 1. The van der Waals surface area contributed by atoms with Crippen molar-refractivity contribution in [3.05, 3.63) is 89.2 Å². The lowest BCUT2D eigenvalue weighted by Crippen LogP contribution is -2.16. The SMILES string of the molecule is Cc1ccc(NC(=O)c2cccc(C(F)(F)F)c2)cc1N(c1ncccn1)c1nccs1. The van der Waals surface area contributed by atoms with Crippen molar-refractivity contribution in [3.8, 4) is 0 Å². The Morgan fingerprint density at radius 1 is 1.00 bits per heavy atom. The number of benzene rings is 2. The lowest BCUT2D eigenvalue weighted by molar-refractivity contribution is -0.137. The summed E-state index contributed by atoms with van der Waals surface area (Å²) in [5.74, 6) is -0.255. The monoisotopic (exact) mass is 455 g/mol. The van der Waals surface area contributed by atoms with Crippen LogP contribution in [0.3, 0.4) is 0 Å². The number of halogens is 3. The fraction of sp³-hybridized carbons (Fsp3) is 0.0909. The number of alkyl halides is 3. The summed E-state index contributed by atoms with van der Waals surface area (Å²) in [7, 11) is 0. The van der Waals surface area contributed by atoms with Crippen molar-refractivity contribution in [3.63, 3.8) is 0 Å². The highest BCUT2D eigenvalue weighted by Gasteiger charge is 2.31. The summed E-state index contributed by atoms with van der Waals surface area (Å²) in [4.78, 5) is 27.4. The van der Waals surface area contributed by atoms with E-state index in [2.05, 4.69) is 20.3 Å². The Hall–Kier alpha value is -3.79. The number of thiazole rings is 1. The number of hydrogen-bond acceptors (Lipinski definition) is 6. The van der Waals surface area contributed by atoms with Crippen LogP contribution in [0.5, 0.6) is 0 Å². The van der Waals surface area contributed by atoms with Crippen LogP contribution >= 0.6 is 11.3 Å². The maximum atomic E-state index is 13.0. The predicted molar refractivity (Wildman–Crippen MR) is 117 cm³/mol. The highest BCUT2D eigenvalue weighted by Crippen LogP contribution is 2.37. The zero-order valence-electron chi connectivity index (χ0n) is 16.7. The van der Waals surface area contributed by atoms with E-state index in [1.54, 1.807) is 47.8 Å². The Kier molecular flexibility index (Phi) is 5.87. The van der Waals surface area contributed by atoms with Crippen LogP contribution in [0, 0.1) is 6.92 Å². The van der Waals surface area contributed by atoms with Crippen LogP contribution in [-0.4, -0.2) is 20.9 Å². The molecule has 0 atom stereocenters. The first-order chi connectivity index (χ1) is 15.3. The average Bonchev–Trinajstić information content (AvgIpc) is 3.31. The van der Waals surface area contributed by atoms with E-state index in [1.807, 2.05) is 12.3 Å². The van der Waals surface area contributed by atoms with Crippen molar-refractivity contribution < 1.29 is 18.0 Å². The molecule has 0 radical (unpaired) electrons.